The molecule has 1 aliphatic carbocycles. The number of furan rings is 1. The van der Waals surface area contributed by atoms with E-state index in [9.17, 15) is 0 Å². The Hall–Kier alpha value is -7.18. The van der Waals surface area contributed by atoms with E-state index in [2.05, 4.69) is 105 Å². The van der Waals surface area contributed by atoms with Crippen LogP contribution in [0, 0.1) is 0 Å². The van der Waals surface area contributed by atoms with Crippen molar-refractivity contribution in [2.24, 2.45) is 0 Å². The van der Waals surface area contributed by atoms with Crippen molar-refractivity contribution in [2.75, 3.05) is 0 Å². The number of hydrogen-bond acceptors (Lipinski definition) is 6. The highest BCUT2D eigenvalue weighted by molar-refractivity contribution is 6.09. The van der Waals surface area contributed by atoms with Gasteiger partial charge in [-0.3, -0.25) is 0 Å². The van der Waals surface area contributed by atoms with Gasteiger partial charge < -0.3 is 8.83 Å². The molecule has 0 N–H and O–H groups in total. The van der Waals surface area contributed by atoms with Crippen LogP contribution in [-0.2, 0) is 5.41 Å². The Labute approximate surface area is 316 Å². The van der Waals surface area contributed by atoms with Crippen LogP contribution in [0.5, 0.6) is 0 Å². The molecule has 0 bridgehead atoms. The largest absolute Gasteiger partial charge is 0.455 e. The number of benzene rings is 7. The van der Waals surface area contributed by atoms with E-state index in [1.807, 2.05) is 66.7 Å². The van der Waals surface area contributed by atoms with Crippen LogP contribution < -0.4 is 0 Å². The molecule has 7 aromatic carbocycles. The molecule has 0 aliphatic heterocycles. The summed E-state index contributed by atoms with van der Waals surface area (Å²) in [6, 6.07) is 54.0. The average Bonchev–Trinajstić information content (AvgIpc) is 3.90. The molecular formula is C49H32N4O2. The minimum absolute atomic E-state index is 0.305. The van der Waals surface area contributed by atoms with E-state index in [1.54, 1.807) is 0 Å². The van der Waals surface area contributed by atoms with E-state index in [1.165, 1.54) is 22.3 Å². The van der Waals surface area contributed by atoms with E-state index < -0.39 is 0 Å². The molecule has 11 rings (SSSR count). The van der Waals surface area contributed by atoms with Crippen LogP contribution in [0.2, 0.25) is 0 Å². The Morgan fingerprint density at radius 3 is 1.82 bits per heavy atom. The molecule has 260 valence electrons. The van der Waals surface area contributed by atoms with Crippen molar-refractivity contribution >= 4 is 33.0 Å². The summed E-state index contributed by atoms with van der Waals surface area (Å²) < 4.78 is 12.8. The number of para-hydroxylation sites is 2. The van der Waals surface area contributed by atoms with Crippen molar-refractivity contribution in [1.82, 2.24) is 19.9 Å². The molecule has 55 heavy (non-hydrogen) atoms. The zero-order chi connectivity index (χ0) is 36.7. The van der Waals surface area contributed by atoms with Crippen molar-refractivity contribution in [1.29, 1.82) is 0 Å². The Kier molecular flexibility index (Phi) is 6.79. The van der Waals surface area contributed by atoms with E-state index in [0.29, 0.717) is 23.4 Å². The van der Waals surface area contributed by atoms with Crippen LogP contribution in [0.1, 0.15) is 25.0 Å². The predicted molar refractivity (Wildman–Crippen MR) is 219 cm³/mol. The molecule has 1 aliphatic rings. The molecule has 3 aromatic heterocycles. The van der Waals surface area contributed by atoms with E-state index in [0.717, 1.165) is 66.4 Å². The fraction of sp³-hybridized carbons (Fsp3) is 0.0612. The molecule has 6 nitrogen and oxygen atoms in total. The maximum atomic E-state index is 6.46. The molecule has 0 saturated carbocycles. The second-order valence-corrected chi connectivity index (χ2v) is 14.7. The summed E-state index contributed by atoms with van der Waals surface area (Å²) in [4.78, 5) is 20.3. The average molecular weight is 709 g/mol. The van der Waals surface area contributed by atoms with Crippen LogP contribution in [0.3, 0.4) is 0 Å². The van der Waals surface area contributed by atoms with Gasteiger partial charge in [-0.1, -0.05) is 129 Å². The van der Waals surface area contributed by atoms with Crippen molar-refractivity contribution in [3.8, 4) is 67.9 Å². The zero-order valence-electron chi connectivity index (χ0n) is 30.1. The minimum atomic E-state index is -0.305. The number of nitrogens with zero attached hydrogens (tertiary/aromatic N) is 4. The topological polar surface area (TPSA) is 77.8 Å². The van der Waals surface area contributed by atoms with Gasteiger partial charge in [0, 0.05) is 32.9 Å². The second kappa shape index (κ2) is 11.9. The van der Waals surface area contributed by atoms with Crippen LogP contribution in [0.25, 0.3) is 101 Å². The molecule has 10 aromatic rings. The van der Waals surface area contributed by atoms with Gasteiger partial charge in [0.05, 0.1) is 5.56 Å². The normalized spacial score (nSPS) is 13.1. The lowest BCUT2D eigenvalue weighted by Crippen LogP contribution is -2.15. The molecule has 0 atom stereocenters. The van der Waals surface area contributed by atoms with E-state index in [-0.39, 0.29) is 5.41 Å². The van der Waals surface area contributed by atoms with Gasteiger partial charge in [0.25, 0.3) is 0 Å². The predicted octanol–water partition coefficient (Wildman–Crippen LogP) is 12.6. The van der Waals surface area contributed by atoms with E-state index in [4.69, 9.17) is 28.8 Å². The zero-order valence-corrected chi connectivity index (χ0v) is 30.1. The maximum Gasteiger partial charge on any atom is 0.227 e. The standard InChI is InChI=1S/C49H32N4O2/c1-49(2)39-26-33(24-25-34(39)38-27-41-43(28-40(38)49)55-48(50-41)32-14-7-4-8-15-32)46-51-45(31-22-20-30(21-23-31)29-12-5-3-6-13-29)52-47(53-46)37-18-11-17-36-35-16-9-10-19-42(35)54-44(36)37/h3-28H,1-2H3. The first kappa shape index (κ1) is 31.4. The third-order valence-corrected chi connectivity index (χ3v) is 11.0. The van der Waals surface area contributed by atoms with E-state index >= 15 is 0 Å². The molecule has 0 amide bonds. The molecule has 0 saturated heterocycles. The highest BCUT2D eigenvalue weighted by Gasteiger charge is 2.37. The van der Waals surface area contributed by atoms with Gasteiger partial charge in [-0.15, -0.1) is 0 Å². The number of oxazole rings is 1. The number of fused-ring (bicyclic) bond motifs is 7. The first-order chi connectivity index (χ1) is 27.0. The molecule has 3 heterocycles. The molecular weight excluding hydrogens is 677 g/mol. The number of aromatic nitrogens is 4. The van der Waals surface area contributed by atoms with Gasteiger partial charge in [0.1, 0.15) is 16.7 Å². The summed E-state index contributed by atoms with van der Waals surface area (Å²) in [5.74, 6) is 2.37. The molecule has 0 unspecified atom stereocenters. The quantitative estimate of drug-likeness (QED) is 0.177. The first-order valence-corrected chi connectivity index (χ1v) is 18.5. The summed E-state index contributed by atoms with van der Waals surface area (Å²) >= 11 is 0. The third kappa shape index (κ3) is 5.02. The molecule has 0 spiro atoms. The van der Waals surface area contributed by atoms with Crippen LogP contribution >= 0.6 is 0 Å². The van der Waals surface area contributed by atoms with Crippen molar-refractivity contribution in [3.05, 3.63) is 169 Å². The lowest BCUT2D eigenvalue weighted by molar-refractivity contribution is 0.614. The van der Waals surface area contributed by atoms with Crippen LogP contribution in [0.15, 0.2) is 167 Å². The van der Waals surface area contributed by atoms with Crippen molar-refractivity contribution in [2.45, 2.75) is 19.3 Å². The Morgan fingerprint density at radius 2 is 1.02 bits per heavy atom. The van der Waals surface area contributed by atoms with Gasteiger partial charge in [0.15, 0.2) is 23.1 Å². The van der Waals surface area contributed by atoms with Gasteiger partial charge >= 0.3 is 0 Å². The van der Waals surface area contributed by atoms with Gasteiger partial charge in [0.2, 0.25) is 5.89 Å². The monoisotopic (exact) mass is 708 g/mol. The second-order valence-electron chi connectivity index (χ2n) is 14.7. The lowest BCUT2D eigenvalue weighted by Gasteiger charge is -2.21. The van der Waals surface area contributed by atoms with Crippen LogP contribution in [0.4, 0.5) is 0 Å². The summed E-state index contributed by atoms with van der Waals surface area (Å²) in [5.41, 5.74) is 13.5. The summed E-state index contributed by atoms with van der Waals surface area (Å²) in [5, 5.41) is 2.08. The summed E-state index contributed by atoms with van der Waals surface area (Å²) in [6.45, 7) is 4.53. The van der Waals surface area contributed by atoms with Gasteiger partial charge in [-0.25, -0.2) is 19.9 Å². The maximum absolute atomic E-state index is 6.46. The fourth-order valence-corrected chi connectivity index (χ4v) is 8.12. The summed E-state index contributed by atoms with van der Waals surface area (Å²) in [7, 11) is 0. The molecule has 0 radical (unpaired) electrons. The number of rotatable bonds is 5. The Balaban J connectivity index is 1.06. The SMILES string of the molecule is CC1(C)c2cc(-c3nc(-c4ccc(-c5ccccc5)cc4)nc(-c4cccc5c4oc4ccccc45)n3)ccc2-c2cc3nc(-c4ccccc4)oc3cc21. The van der Waals surface area contributed by atoms with Crippen LogP contribution in [-0.4, -0.2) is 19.9 Å². The summed E-state index contributed by atoms with van der Waals surface area (Å²) in [6.07, 6.45) is 0. The highest BCUT2D eigenvalue weighted by Crippen LogP contribution is 2.51. The molecule has 0 fully saturated rings. The van der Waals surface area contributed by atoms with Gasteiger partial charge in [-0.05, 0) is 75.8 Å². The van der Waals surface area contributed by atoms with Crippen molar-refractivity contribution < 1.29 is 8.83 Å². The molecule has 6 heteroatoms. The first-order valence-electron chi connectivity index (χ1n) is 18.5. The lowest BCUT2D eigenvalue weighted by atomic mass is 9.82. The Morgan fingerprint density at radius 1 is 0.400 bits per heavy atom. The van der Waals surface area contributed by atoms with Crippen molar-refractivity contribution in [3.63, 3.8) is 0 Å². The fourth-order valence-electron chi connectivity index (χ4n) is 8.12. The third-order valence-electron chi connectivity index (χ3n) is 11.0. The minimum Gasteiger partial charge on any atom is -0.455 e. The number of hydrogen-bond donors (Lipinski definition) is 0. The van der Waals surface area contributed by atoms with Gasteiger partial charge in [-0.2, -0.15) is 0 Å². The highest BCUT2D eigenvalue weighted by atomic mass is 16.3. The smallest absolute Gasteiger partial charge is 0.227 e. The Bertz CT molecular complexity index is 3110.